The van der Waals surface area contributed by atoms with E-state index in [-0.39, 0.29) is 17.9 Å². The smallest absolute Gasteiger partial charge is 0.251 e. The largest absolute Gasteiger partial charge is 0.358 e. The number of anilines is 2. The minimum Gasteiger partial charge on any atom is -0.358 e. The van der Waals surface area contributed by atoms with Crippen molar-refractivity contribution in [3.05, 3.63) is 58.6 Å². The lowest BCUT2D eigenvalue weighted by molar-refractivity contribution is -0.118. The molecule has 0 radical (unpaired) electrons. The summed E-state index contributed by atoms with van der Waals surface area (Å²) in [5.41, 5.74) is 3.09. The topological polar surface area (TPSA) is 61.4 Å². The van der Waals surface area contributed by atoms with Crippen LogP contribution in [0.1, 0.15) is 35.2 Å². The van der Waals surface area contributed by atoms with Crippen LogP contribution in [0.4, 0.5) is 11.4 Å². The van der Waals surface area contributed by atoms with E-state index in [9.17, 15) is 9.59 Å². The van der Waals surface area contributed by atoms with Crippen molar-refractivity contribution in [2.45, 2.75) is 31.8 Å². The zero-order chi connectivity index (χ0) is 18.1. The molecule has 0 saturated carbocycles. The molecule has 26 heavy (non-hydrogen) atoms. The van der Waals surface area contributed by atoms with Gasteiger partial charge in [-0.3, -0.25) is 9.59 Å². The molecule has 2 aliphatic rings. The van der Waals surface area contributed by atoms with E-state index < -0.39 is 0 Å². The zero-order valence-electron chi connectivity index (χ0n) is 14.3. The lowest BCUT2D eigenvalue weighted by atomic mass is 9.97. The van der Waals surface area contributed by atoms with Gasteiger partial charge in [-0.1, -0.05) is 29.8 Å². The molecule has 0 bridgehead atoms. The second-order valence-electron chi connectivity index (χ2n) is 6.70. The van der Waals surface area contributed by atoms with Crippen LogP contribution in [0.5, 0.6) is 0 Å². The number of piperidine rings is 1. The highest BCUT2D eigenvalue weighted by atomic mass is 35.5. The fourth-order valence-corrected chi connectivity index (χ4v) is 3.86. The molecule has 0 spiro atoms. The summed E-state index contributed by atoms with van der Waals surface area (Å²) in [5.74, 6) is -0.173. The molecule has 1 fully saturated rings. The van der Waals surface area contributed by atoms with Gasteiger partial charge in [0.2, 0.25) is 5.91 Å². The predicted octanol–water partition coefficient (Wildman–Crippen LogP) is 3.58. The van der Waals surface area contributed by atoms with Crippen LogP contribution in [0.2, 0.25) is 5.02 Å². The van der Waals surface area contributed by atoms with Crippen molar-refractivity contribution in [2.24, 2.45) is 0 Å². The summed E-state index contributed by atoms with van der Waals surface area (Å²) in [6.45, 7) is 1.24. The fourth-order valence-electron chi connectivity index (χ4n) is 3.66. The Hall–Kier alpha value is -2.53. The first-order valence-corrected chi connectivity index (χ1v) is 9.24. The van der Waals surface area contributed by atoms with Crippen LogP contribution in [0, 0.1) is 0 Å². The van der Waals surface area contributed by atoms with Crippen LogP contribution in [0.3, 0.4) is 0 Å². The summed E-state index contributed by atoms with van der Waals surface area (Å²) >= 11 is 6.13. The molecule has 0 aliphatic carbocycles. The summed E-state index contributed by atoms with van der Waals surface area (Å²) in [6, 6.07) is 12.8. The summed E-state index contributed by atoms with van der Waals surface area (Å²) in [6.07, 6.45) is 3.04. The van der Waals surface area contributed by atoms with Gasteiger partial charge < -0.3 is 15.5 Å². The fraction of sp³-hybridized carbons (Fsp3) is 0.300. The van der Waals surface area contributed by atoms with Crippen molar-refractivity contribution in [3.63, 3.8) is 0 Å². The number of amides is 2. The molecule has 2 amide bonds. The van der Waals surface area contributed by atoms with E-state index in [0.717, 1.165) is 37.1 Å². The minimum absolute atomic E-state index is 0.0193. The number of carbonyl (C=O) groups is 2. The van der Waals surface area contributed by atoms with E-state index in [1.165, 1.54) is 0 Å². The maximum absolute atomic E-state index is 12.5. The molecule has 134 valence electrons. The van der Waals surface area contributed by atoms with Crippen LogP contribution in [0.25, 0.3) is 0 Å². The van der Waals surface area contributed by atoms with Crippen molar-refractivity contribution in [1.29, 1.82) is 0 Å². The van der Waals surface area contributed by atoms with Gasteiger partial charge in [0.05, 0.1) is 11.4 Å². The molecule has 5 nitrogen and oxygen atoms in total. The molecule has 0 unspecified atom stereocenters. The summed E-state index contributed by atoms with van der Waals surface area (Å²) in [7, 11) is 0. The van der Waals surface area contributed by atoms with E-state index in [4.69, 9.17) is 11.6 Å². The number of carbonyl (C=O) groups excluding carboxylic acids is 2. The molecule has 0 aromatic heterocycles. The maximum Gasteiger partial charge on any atom is 0.251 e. The summed E-state index contributed by atoms with van der Waals surface area (Å²) < 4.78 is 0. The van der Waals surface area contributed by atoms with E-state index in [1.54, 1.807) is 12.1 Å². The van der Waals surface area contributed by atoms with Crippen molar-refractivity contribution < 1.29 is 9.59 Å². The first-order valence-electron chi connectivity index (χ1n) is 8.86. The standard InChI is InChI=1S/C20H20ClN3O2/c21-15-6-2-1-5-14(15)12-22-19(25)13-8-9-17-16(11-13)23-20(26)18-7-3-4-10-24(17)18/h1-2,5-6,8-9,11,18H,3-4,7,10,12H2,(H,22,25)(H,23,26)/t18-/m0/s1. The van der Waals surface area contributed by atoms with Crippen LogP contribution >= 0.6 is 11.6 Å². The van der Waals surface area contributed by atoms with Crippen LogP contribution in [-0.2, 0) is 11.3 Å². The van der Waals surface area contributed by atoms with Crippen molar-refractivity contribution in [2.75, 3.05) is 16.8 Å². The average molecular weight is 370 g/mol. The van der Waals surface area contributed by atoms with Crippen LogP contribution in [0.15, 0.2) is 42.5 Å². The third-order valence-corrected chi connectivity index (χ3v) is 5.40. The second kappa shape index (κ2) is 7.00. The number of benzene rings is 2. The van der Waals surface area contributed by atoms with E-state index >= 15 is 0 Å². The SMILES string of the molecule is O=C(NCc1ccccc1Cl)c1ccc2c(c1)NC(=O)[C@@H]1CCCCN21. The maximum atomic E-state index is 12.5. The molecule has 4 rings (SSSR count). The molecule has 1 saturated heterocycles. The Morgan fingerprint density at radius 1 is 1.23 bits per heavy atom. The number of hydrogen-bond donors (Lipinski definition) is 2. The minimum atomic E-state index is -0.192. The Balaban J connectivity index is 1.52. The third-order valence-electron chi connectivity index (χ3n) is 5.03. The Morgan fingerprint density at radius 2 is 2.08 bits per heavy atom. The Labute approximate surface area is 157 Å². The van der Waals surface area contributed by atoms with E-state index in [2.05, 4.69) is 15.5 Å². The quantitative estimate of drug-likeness (QED) is 0.869. The molecule has 2 heterocycles. The van der Waals surface area contributed by atoms with Gasteiger partial charge in [0.25, 0.3) is 5.91 Å². The van der Waals surface area contributed by atoms with Gasteiger partial charge in [0, 0.05) is 23.7 Å². The lowest BCUT2D eigenvalue weighted by Gasteiger charge is -2.41. The van der Waals surface area contributed by atoms with E-state index in [0.29, 0.717) is 22.8 Å². The first-order chi connectivity index (χ1) is 12.6. The predicted molar refractivity (Wildman–Crippen MR) is 103 cm³/mol. The van der Waals surface area contributed by atoms with Crippen LogP contribution < -0.4 is 15.5 Å². The number of rotatable bonds is 3. The Kier molecular flexibility index (Phi) is 4.55. The lowest BCUT2D eigenvalue weighted by Crippen LogP contribution is -2.50. The van der Waals surface area contributed by atoms with Gasteiger partial charge in [-0.2, -0.15) is 0 Å². The van der Waals surface area contributed by atoms with Gasteiger partial charge in [-0.15, -0.1) is 0 Å². The van der Waals surface area contributed by atoms with Gasteiger partial charge in [0.1, 0.15) is 6.04 Å². The average Bonchev–Trinajstić information content (AvgIpc) is 2.67. The molecule has 1 atom stereocenters. The Morgan fingerprint density at radius 3 is 2.92 bits per heavy atom. The molecule has 2 aromatic rings. The van der Waals surface area contributed by atoms with Gasteiger partial charge in [0.15, 0.2) is 0 Å². The molecular formula is C20H20ClN3O2. The first kappa shape index (κ1) is 16.9. The zero-order valence-corrected chi connectivity index (χ0v) is 15.1. The molecule has 2 aromatic carbocycles. The number of halogens is 1. The molecule has 2 aliphatic heterocycles. The summed E-state index contributed by atoms with van der Waals surface area (Å²) in [5, 5.41) is 6.46. The number of nitrogens with one attached hydrogen (secondary N) is 2. The van der Waals surface area contributed by atoms with Crippen molar-refractivity contribution in [3.8, 4) is 0 Å². The number of fused-ring (bicyclic) bond motifs is 3. The summed E-state index contributed by atoms with van der Waals surface area (Å²) in [4.78, 5) is 27.0. The van der Waals surface area contributed by atoms with Crippen molar-refractivity contribution >= 4 is 34.8 Å². The molecule has 2 N–H and O–H groups in total. The van der Waals surface area contributed by atoms with Gasteiger partial charge in [-0.25, -0.2) is 0 Å². The third kappa shape index (κ3) is 3.15. The number of hydrogen-bond acceptors (Lipinski definition) is 3. The van der Waals surface area contributed by atoms with Gasteiger partial charge in [-0.05, 0) is 49.1 Å². The molecule has 6 heteroatoms. The highest BCUT2D eigenvalue weighted by Crippen LogP contribution is 2.36. The van der Waals surface area contributed by atoms with E-state index in [1.807, 2.05) is 30.3 Å². The van der Waals surface area contributed by atoms with Gasteiger partial charge >= 0.3 is 0 Å². The molecular weight excluding hydrogens is 350 g/mol. The van der Waals surface area contributed by atoms with Crippen LogP contribution in [-0.4, -0.2) is 24.4 Å². The highest BCUT2D eigenvalue weighted by molar-refractivity contribution is 6.31. The normalized spacial score (nSPS) is 18.6. The second-order valence-corrected chi connectivity index (χ2v) is 7.11. The Bertz CT molecular complexity index is 868. The number of nitrogens with zero attached hydrogens (tertiary/aromatic N) is 1. The van der Waals surface area contributed by atoms with Crippen molar-refractivity contribution in [1.82, 2.24) is 5.32 Å². The monoisotopic (exact) mass is 369 g/mol. The highest BCUT2D eigenvalue weighted by Gasteiger charge is 2.34.